The van der Waals surface area contributed by atoms with Crippen molar-refractivity contribution >= 4 is 11.7 Å². The minimum absolute atomic E-state index is 0.0786. The van der Waals surface area contributed by atoms with Crippen molar-refractivity contribution in [3.63, 3.8) is 0 Å². The minimum atomic E-state index is -0.206. The van der Waals surface area contributed by atoms with Crippen molar-refractivity contribution in [3.05, 3.63) is 94.4 Å². The van der Waals surface area contributed by atoms with Crippen LogP contribution in [0.5, 0.6) is 17.2 Å². The molecule has 0 spiro atoms. The number of aromatic nitrogens is 3. The van der Waals surface area contributed by atoms with Crippen molar-refractivity contribution in [2.75, 3.05) is 28.4 Å². The molecule has 218 valence electrons. The third-order valence-corrected chi connectivity index (χ3v) is 7.57. The number of pyridine rings is 1. The van der Waals surface area contributed by atoms with Gasteiger partial charge in [-0.1, -0.05) is 32.0 Å². The predicted molar refractivity (Wildman–Crippen MR) is 159 cm³/mol. The number of ketones is 1. The minimum Gasteiger partial charge on any atom is -0.497 e. The molecule has 0 bridgehead atoms. The van der Waals surface area contributed by atoms with E-state index in [1.165, 1.54) is 0 Å². The van der Waals surface area contributed by atoms with Gasteiger partial charge in [-0.15, -0.1) is 0 Å². The number of nitrogens with zero attached hydrogens (tertiary/aromatic N) is 4. The Hall–Kier alpha value is -4.66. The molecule has 0 radical (unpaired) electrons. The van der Waals surface area contributed by atoms with Crippen molar-refractivity contribution in [2.45, 2.75) is 39.7 Å². The van der Waals surface area contributed by atoms with Crippen LogP contribution < -0.4 is 14.2 Å². The summed E-state index contributed by atoms with van der Waals surface area (Å²) in [5, 5.41) is 4.91. The number of benzene rings is 2. The smallest absolute Gasteiger partial charge is 0.255 e. The molecule has 0 saturated carbocycles. The van der Waals surface area contributed by atoms with Crippen molar-refractivity contribution < 1.29 is 23.8 Å². The van der Waals surface area contributed by atoms with Crippen molar-refractivity contribution in [1.82, 2.24) is 19.7 Å². The lowest BCUT2D eigenvalue weighted by Crippen LogP contribution is -2.28. The maximum atomic E-state index is 13.4. The SMILES string of the molecule is COc1ccc(CN(C)C(=O)c2ccc(-n3nc(Cc4ccc(OC)c(OC)c4)c4c3CC(C)(C)CC4=O)nc2)cc1. The molecule has 1 aliphatic carbocycles. The molecule has 0 fully saturated rings. The van der Waals surface area contributed by atoms with Gasteiger partial charge in [-0.3, -0.25) is 9.59 Å². The van der Waals surface area contributed by atoms with Crippen LogP contribution in [0.3, 0.4) is 0 Å². The van der Waals surface area contributed by atoms with Crippen LogP contribution in [0, 0.1) is 5.41 Å². The Morgan fingerprint density at radius 3 is 2.29 bits per heavy atom. The van der Waals surface area contributed by atoms with Gasteiger partial charge in [0.1, 0.15) is 5.75 Å². The third-order valence-electron chi connectivity index (χ3n) is 7.57. The first-order valence-corrected chi connectivity index (χ1v) is 13.8. The van der Waals surface area contributed by atoms with Crippen LogP contribution in [-0.4, -0.2) is 59.7 Å². The fourth-order valence-corrected chi connectivity index (χ4v) is 5.46. The number of hydrogen-bond donors (Lipinski definition) is 0. The van der Waals surface area contributed by atoms with E-state index < -0.39 is 0 Å². The highest BCUT2D eigenvalue weighted by atomic mass is 16.5. The third kappa shape index (κ3) is 5.86. The Morgan fingerprint density at radius 2 is 1.64 bits per heavy atom. The first kappa shape index (κ1) is 28.9. The number of ether oxygens (including phenoxy) is 3. The fourth-order valence-electron chi connectivity index (χ4n) is 5.46. The van der Waals surface area contributed by atoms with E-state index in [0.717, 1.165) is 22.6 Å². The lowest BCUT2D eigenvalue weighted by molar-refractivity contribution is 0.0784. The molecule has 5 rings (SSSR count). The molecule has 9 heteroatoms. The van der Waals surface area contributed by atoms with E-state index in [2.05, 4.69) is 18.8 Å². The van der Waals surface area contributed by atoms with Crippen LogP contribution in [0.1, 0.15) is 63.5 Å². The highest BCUT2D eigenvalue weighted by molar-refractivity contribution is 6.00. The van der Waals surface area contributed by atoms with Crippen LogP contribution in [0.25, 0.3) is 5.82 Å². The Morgan fingerprint density at radius 1 is 0.929 bits per heavy atom. The summed E-state index contributed by atoms with van der Waals surface area (Å²) in [6, 6.07) is 16.9. The van der Waals surface area contributed by atoms with Crippen LogP contribution >= 0.6 is 0 Å². The Kier molecular flexibility index (Phi) is 8.02. The molecule has 1 amide bonds. The standard InChI is InChI=1S/C33H36N4O5/c1-33(2)17-26-31(27(38)18-33)25(15-22-9-13-28(41-5)29(16-22)42-6)35-37(26)30-14-10-23(19-34-30)32(39)36(3)20-21-7-11-24(40-4)12-8-21/h7-14,16,19H,15,17-18,20H2,1-6H3. The summed E-state index contributed by atoms with van der Waals surface area (Å²) >= 11 is 0. The maximum Gasteiger partial charge on any atom is 0.255 e. The number of methoxy groups -OCH3 is 3. The van der Waals surface area contributed by atoms with Gasteiger partial charge in [0.2, 0.25) is 0 Å². The molecule has 9 nitrogen and oxygen atoms in total. The zero-order valence-corrected chi connectivity index (χ0v) is 24.9. The van der Waals surface area contributed by atoms with Gasteiger partial charge in [-0.25, -0.2) is 9.67 Å². The van der Waals surface area contributed by atoms with E-state index in [1.807, 2.05) is 42.5 Å². The molecule has 1 aliphatic rings. The van der Waals surface area contributed by atoms with Gasteiger partial charge in [0.15, 0.2) is 23.1 Å². The molecule has 2 heterocycles. The van der Waals surface area contributed by atoms with Gasteiger partial charge in [0.25, 0.3) is 5.91 Å². The van der Waals surface area contributed by atoms with E-state index in [9.17, 15) is 9.59 Å². The lowest BCUT2D eigenvalue weighted by Gasteiger charge is -2.29. The number of Topliss-reactive ketones (excluding diaryl/α,β-unsaturated/α-hetero) is 1. The highest BCUT2D eigenvalue weighted by Gasteiger charge is 2.37. The molecule has 2 aromatic carbocycles. The van der Waals surface area contributed by atoms with Gasteiger partial charge in [0.05, 0.1) is 43.8 Å². The van der Waals surface area contributed by atoms with E-state index in [-0.39, 0.29) is 17.1 Å². The Labute approximate surface area is 246 Å². The Bertz CT molecular complexity index is 1610. The van der Waals surface area contributed by atoms with E-state index in [4.69, 9.17) is 19.3 Å². The quantitative estimate of drug-likeness (QED) is 0.270. The zero-order chi connectivity index (χ0) is 30.0. The lowest BCUT2D eigenvalue weighted by atomic mass is 9.75. The largest absolute Gasteiger partial charge is 0.497 e. The number of rotatable bonds is 9. The molecule has 0 N–H and O–H groups in total. The molecular weight excluding hydrogens is 532 g/mol. The van der Waals surface area contributed by atoms with Crippen molar-refractivity contribution in [3.8, 4) is 23.1 Å². The molecular formula is C33H36N4O5. The fraction of sp³-hybridized carbons (Fsp3) is 0.333. The summed E-state index contributed by atoms with van der Waals surface area (Å²) in [7, 11) is 6.58. The number of carbonyl (C=O) groups is 2. The molecule has 2 aromatic heterocycles. The summed E-state index contributed by atoms with van der Waals surface area (Å²) in [6.45, 7) is 4.63. The van der Waals surface area contributed by atoms with Crippen LogP contribution in [0.4, 0.5) is 0 Å². The zero-order valence-electron chi connectivity index (χ0n) is 24.9. The number of hydrogen-bond acceptors (Lipinski definition) is 7. The first-order valence-electron chi connectivity index (χ1n) is 13.8. The second-order valence-corrected chi connectivity index (χ2v) is 11.4. The molecule has 42 heavy (non-hydrogen) atoms. The number of carbonyl (C=O) groups excluding carboxylic acids is 2. The molecule has 0 atom stereocenters. The molecule has 0 unspecified atom stereocenters. The van der Waals surface area contributed by atoms with Gasteiger partial charge >= 0.3 is 0 Å². The summed E-state index contributed by atoms with van der Waals surface area (Å²) < 4.78 is 17.8. The average molecular weight is 569 g/mol. The second-order valence-electron chi connectivity index (χ2n) is 11.4. The first-order chi connectivity index (χ1) is 20.1. The molecule has 4 aromatic rings. The predicted octanol–water partition coefficient (Wildman–Crippen LogP) is 5.31. The number of fused-ring (bicyclic) bond motifs is 1. The summed E-state index contributed by atoms with van der Waals surface area (Å²) in [5.41, 5.74) is 4.40. The summed E-state index contributed by atoms with van der Waals surface area (Å²) in [4.78, 5) is 32.8. The van der Waals surface area contributed by atoms with E-state index in [0.29, 0.717) is 59.9 Å². The normalized spacial score (nSPS) is 13.8. The maximum absolute atomic E-state index is 13.4. The van der Waals surface area contributed by atoms with Crippen LogP contribution in [0.15, 0.2) is 60.8 Å². The average Bonchev–Trinajstić information content (AvgIpc) is 3.33. The van der Waals surface area contributed by atoms with E-state index >= 15 is 0 Å². The van der Waals surface area contributed by atoms with Crippen LogP contribution in [-0.2, 0) is 19.4 Å². The topological polar surface area (TPSA) is 95.8 Å². The number of amides is 1. The monoisotopic (exact) mass is 568 g/mol. The van der Waals surface area contributed by atoms with Gasteiger partial charge in [0, 0.05) is 32.6 Å². The van der Waals surface area contributed by atoms with Gasteiger partial charge in [-0.05, 0) is 59.4 Å². The van der Waals surface area contributed by atoms with Crippen molar-refractivity contribution in [1.29, 1.82) is 0 Å². The van der Waals surface area contributed by atoms with Gasteiger partial charge < -0.3 is 19.1 Å². The molecule has 0 aliphatic heterocycles. The van der Waals surface area contributed by atoms with Crippen LogP contribution in [0.2, 0.25) is 0 Å². The highest BCUT2D eigenvalue weighted by Crippen LogP contribution is 2.38. The van der Waals surface area contributed by atoms with Gasteiger partial charge in [-0.2, -0.15) is 5.10 Å². The second kappa shape index (κ2) is 11.7. The van der Waals surface area contributed by atoms with E-state index in [1.54, 1.807) is 56.3 Å². The molecule has 0 saturated heterocycles. The Balaban J connectivity index is 1.43. The van der Waals surface area contributed by atoms with Crippen molar-refractivity contribution in [2.24, 2.45) is 5.41 Å². The summed E-state index contributed by atoms with van der Waals surface area (Å²) in [6.07, 6.45) is 3.15. The summed E-state index contributed by atoms with van der Waals surface area (Å²) in [5.74, 6) is 2.53.